The number of halogens is 3. The maximum atomic E-state index is 13.5. The Morgan fingerprint density at radius 2 is 1.58 bits per heavy atom. The highest BCUT2D eigenvalue weighted by Crippen LogP contribution is 2.35. The van der Waals surface area contributed by atoms with Gasteiger partial charge < -0.3 is 14.7 Å². The van der Waals surface area contributed by atoms with Gasteiger partial charge in [-0.15, -0.1) is 0 Å². The average molecular weight is 551 g/mol. The maximum absolute atomic E-state index is 13.5. The largest absolute Gasteiger partial charge is 0.343 e. The van der Waals surface area contributed by atoms with Crippen LogP contribution in [0.5, 0.6) is 0 Å². The SMILES string of the molecule is CC(=O)N1CCC(C(=O)N2CC[C@@H](N(C)C(=O)c3cccc(Cl)c3)[C@H](c3ccc(Cl)c(Cl)c3)C2)CC1. The zero-order chi connectivity index (χ0) is 26.0. The van der Waals surface area contributed by atoms with Gasteiger partial charge in [-0.3, -0.25) is 14.4 Å². The van der Waals surface area contributed by atoms with E-state index in [-0.39, 0.29) is 35.6 Å². The molecule has 6 nitrogen and oxygen atoms in total. The number of nitrogens with zero attached hydrogens (tertiary/aromatic N) is 3. The Hall–Kier alpha value is -2.28. The minimum Gasteiger partial charge on any atom is -0.343 e. The van der Waals surface area contributed by atoms with Crippen LogP contribution in [0.25, 0.3) is 0 Å². The fourth-order valence-corrected chi connectivity index (χ4v) is 5.85. The minimum absolute atomic E-state index is 0.0498. The molecular weight excluding hydrogens is 521 g/mol. The van der Waals surface area contributed by atoms with Gasteiger partial charge in [0.15, 0.2) is 0 Å². The lowest BCUT2D eigenvalue weighted by Crippen LogP contribution is -2.53. The van der Waals surface area contributed by atoms with Gasteiger partial charge in [0.2, 0.25) is 11.8 Å². The molecule has 2 fully saturated rings. The van der Waals surface area contributed by atoms with Crippen LogP contribution >= 0.6 is 34.8 Å². The van der Waals surface area contributed by atoms with Gasteiger partial charge in [0.1, 0.15) is 0 Å². The molecule has 36 heavy (non-hydrogen) atoms. The molecule has 2 atom stereocenters. The van der Waals surface area contributed by atoms with E-state index < -0.39 is 0 Å². The van der Waals surface area contributed by atoms with E-state index >= 15 is 0 Å². The first-order chi connectivity index (χ1) is 17.2. The van der Waals surface area contributed by atoms with Crippen molar-refractivity contribution in [3.63, 3.8) is 0 Å². The number of hydrogen-bond donors (Lipinski definition) is 0. The van der Waals surface area contributed by atoms with Crippen LogP contribution in [0.3, 0.4) is 0 Å². The highest BCUT2D eigenvalue weighted by atomic mass is 35.5. The zero-order valence-corrected chi connectivity index (χ0v) is 22.7. The van der Waals surface area contributed by atoms with Gasteiger partial charge >= 0.3 is 0 Å². The van der Waals surface area contributed by atoms with E-state index in [1.807, 2.05) is 17.0 Å². The molecule has 0 spiro atoms. The molecule has 2 heterocycles. The van der Waals surface area contributed by atoms with Crippen LogP contribution in [0.2, 0.25) is 15.1 Å². The Morgan fingerprint density at radius 1 is 0.889 bits per heavy atom. The Labute approximate surface area is 227 Å². The summed E-state index contributed by atoms with van der Waals surface area (Å²) in [5, 5.41) is 1.41. The lowest BCUT2D eigenvalue weighted by Gasteiger charge is -2.44. The van der Waals surface area contributed by atoms with Gasteiger partial charge in [-0.1, -0.05) is 46.9 Å². The average Bonchev–Trinajstić information content (AvgIpc) is 2.88. The molecule has 0 radical (unpaired) electrons. The van der Waals surface area contributed by atoms with Crippen molar-refractivity contribution in [2.45, 2.75) is 38.1 Å². The molecule has 192 valence electrons. The fourth-order valence-electron chi connectivity index (χ4n) is 5.35. The number of likely N-dealkylation sites (tertiary alicyclic amines) is 2. The Kier molecular flexibility index (Phi) is 8.48. The van der Waals surface area contributed by atoms with Gasteiger partial charge in [-0.05, 0) is 55.2 Å². The summed E-state index contributed by atoms with van der Waals surface area (Å²) in [4.78, 5) is 44.0. The summed E-state index contributed by atoms with van der Waals surface area (Å²) in [6, 6.07) is 12.3. The molecule has 0 bridgehead atoms. The molecule has 2 aromatic rings. The van der Waals surface area contributed by atoms with Gasteiger partial charge in [0.25, 0.3) is 5.91 Å². The van der Waals surface area contributed by atoms with Crippen molar-refractivity contribution in [3.8, 4) is 0 Å². The fraction of sp³-hybridized carbons (Fsp3) is 0.444. The highest BCUT2D eigenvalue weighted by Gasteiger charge is 2.39. The number of rotatable bonds is 4. The first-order valence-electron chi connectivity index (χ1n) is 12.2. The van der Waals surface area contributed by atoms with E-state index in [1.165, 1.54) is 0 Å². The van der Waals surface area contributed by atoms with Crippen molar-refractivity contribution in [1.29, 1.82) is 0 Å². The summed E-state index contributed by atoms with van der Waals surface area (Å²) in [6.07, 6.45) is 1.97. The second-order valence-electron chi connectivity index (χ2n) is 9.63. The van der Waals surface area contributed by atoms with Crippen LogP contribution in [0.15, 0.2) is 42.5 Å². The minimum atomic E-state index is -0.141. The molecule has 2 aromatic carbocycles. The summed E-state index contributed by atoms with van der Waals surface area (Å²) in [5.41, 5.74) is 1.46. The van der Waals surface area contributed by atoms with E-state index in [9.17, 15) is 14.4 Å². The molecule has 0 unspecified atom stereocenters. The molecule has 0 N–H and O–H groups in total. The molecule has 2 aliphatic heterocycles. The molecule has 3 amide bonds. The summed E-state index contributed by atoms with van der Waals surface area (Å²) in [6.45, 7) is 3.81. The van der Waals surface area contributed by atoms with Gasteiger partial charge in [0, 0.05) is 68.6 Å². The predicted molar refractivity (Wildman–Crippen MR) is 143 cm³/mol. The number of piperidine rings is 2. The van der Waals surface area contributed by atoms with Crippen molar-refractivity contribution in [1.82, 2.24) is 14.7 Å². The third-order valence-electron chi connectivity index (χ3n) is 7.44. The van der Waals surface area contributed by atoms with Crippen LogP contribution < -0.4 is 0 Å². The first-order valence-corrected chi connectivity index (χ1v) is 13.3. The topological polar surface area (TPSA) is 60.9 Å². The Morgan fingerprint density at radius 3 is 2.22 bits per heavy atom. The molecular formula is C27H30Cl3N3O3. The van der Waals surface area contributed by atoms with Crippen molar-refractivity contribution < 1.29 is 14.4 Å². The second kappa shape index (κ2) is 11.4. The summed E-state index contributed by atoms with van der Waals surface area (Å²) in [5.74, 6) is -0.191. The van der Waals surface area contributed by atoms with Gasteiger partial charge in [0.05, 0.1) is 10.0 Å². The van der Waals surface area contributed by atoms with Crippen molar-refractivity contribution >= 4 is 52.5 Å². The first kappa shape index (κ1) is 26.8. The number of benzene rings is 2. The lowest BCUT2D eigenvalue weighted by atomic mass is 9.83. The van der Waals surface area contributed by atoms with Crippen LogP contribution in [0, 0.1) is 5.92 Å². The van der Waals surface area contributed by atoms with Gasteiger partial charge in [-0.25, -0.2) is 0 Å². The molecule has 0 aliphatic carbocycles. The Balaban J connectivity index is 1.56. The van der Waals surface area contributed by atoms with Crippen LogP contribution in [-0.2, 0) is 9.59 Å². The molecule has 4 rings (SSSR count). The van der Waals surface area contributed by atoms with E-state index in [2.05, 4.69) is 0 Å². The van der Waals surface area contributed by atoms with Crippen molar-refractivity contribution in [2.24, 2.45) is 5.92 Å². The Bertz CT molecular complexity index is 1150. The van der Waals surface area contributed by atoms with E-state index in [0.717, 1.165) is 5.56 Å². The second-order valence-corrected chi connectivity index (χ2v) is 10.9. The summed E-state index contributed by atoms with van der Waals surface area (Å²) < 4.78 is 0. The smallest absolute Gasteiger partial charge is 0.253 e. The predicted octanol–water partition coefficient (Wildman–Crippen LogP) is 5.36. The van der Waals surface area contributed by atoms with Crippen LogP contribution in [-0.4, -0.2) is 71.7 Å². The monoisotopic (exact) mass is 549 g/mol. The summed E-state index contributed by atoms with van der Waals surface area (Å²) in [7, 11) is 1.80. The molecule has 2 saturated heterocycles. The van der Waals surface area contributed by atoms with Crippen molar-refractivity contribution in [2.75, 3.05) is 33.2 Å². The molecule has 0 saturated carbocycles. The van der Waals surface area contributed by atoms with E-state index in [4.69, 9.17) is 34.8 Å². The normalized spacial score (nSPS) is 20.8. The van der Waals surface area contributed by atoms with Gasteiger partial charge in [-0.2, -0.15) is 0 Å². The van der Waals surface area contributed by atoms with Crippen molar-refractivity contribution in [3.05, 3.63) is 68.7 Å². The number of carbonyl (C=O) groups is 3. The van der Waals surface area contributed by atoms with E-state index in [0.29, 0.717) is 66.1 Å². The molecule has 2 aliphatic rings. The summed E-state index contributed by atoms with van der Waals surface area (Å²) >= 11 is 18.7. The third-order valence-corrected chi connectivity index (χ3v) is 8.41. The van der Waals surface area contributed by atoms with Crippen LogP contribution in [0.1, 0.15) is 48.0 Å². The highest BCUT2D eigenvalue weighted by molar-refractivity contribution is 6.42. The van der Waals surface area contributed by atoms with Crippen LogP contribution in [0.4, 0.5) is 0 Å². The number of carbonyl (C=O) groups excluding carboxylic acids is 3. The quantitative estimate of drug-likeness (QED) is 0.515. The number of likely N-dealkylation sites (N-methyl/N-ethyl adjacent to an activating group) is 1. The lowest BCUT2D eigenvalue weighted by molar-refractivity contribution is -0.141. The number of hydrogen-bond acceptors (Lipinski definition) is 3. The molecule has 9 heteroatoms. The standard InChI is InChI=1S/C27H30Cl3N3O3/c1-17(34)32-11-8-18(9-12-32)27(36)33-13-10-25(22(16-33)19-6-7-23(29)24(30)15-19)31(2)26(35)20-4-3-5-21(28)14-20/h3-7,14-15,18,22,25H,8-13,16H2,1-2H3/t22-,25+/m0/s1. The zero-order valence-electron chi connectivity index (χ0n) is 20.4. The third kappa shape index (κ3) is 5.82. The molecule has 0 aromatic heterocycles. The maximum Gasteiger partial charge on any atom is 0.253 e. The van der Waals surface area contributed by atoms with E-state index in [1.54, 1.807) is 54.1 Å². The number of amides is 3.